The molecule has 0 saturated heterocycles. The summed E-state index contributed by atoms with van der Waals surface area (Å²) in [5, 5.41) is 10.6. The van der Waals surface area contributed by atoms with Crippen LogP contribution in [-0.2, 0) is 10.0 Å². The van der Waals surface area contributed by atoms with E-state index in [4.69, 9.17) is 10.5 Å². The highest BCUT2D eigenvalue weighted by molar-refractivity contribution is 7.89. The zero-order chi connectivity index (χ0) is 17.7. The molecule has 0 aromatic heterocycles. The second-order valence-corrected chi connectivity index (χ2v) is 6.75. The molecule has 2 rings (SSSR count). The first-order valence-corrected chi connectivity index (χ1v) is 8.45. The Labute approximate surface area is 151 Å². The highest BCUT2D eigenvalue weighted by Gasteiger charge is 2.17. The molecule has 0 amide bonds. The number of nitro benzene ring substituents is 1. The number of hydrogen-bond donors (Lipinski definition) is 2. The molecule has 3 N–H and O–H groups in total. The highest BCUT2D eigenvalue weighted by atomic mass is 35.5. The van der Waals surface area contributed by atoms with Crippen molar-refractivity contribution in [3.63, 3.8) is 0 Å². The van der Waals surface area contributed by atoms with Crippen LogP contribution in [0.3, 0.4) is 0 Å². The minimum Gasteiger partial charge on any atom is -0.497 e. The minimum atomic E-state index is -3.80. The van der Waals surface area contributed by atoms with E-state index in [1.54, 1.807) is 31.4 Å². The van der Waals surface area contributed by atoms with Crippen LogP contribution in [0, 0.1) is 10.1 Å². The number of nitrogens with zero attached hydrogens (tertiary/aromatic N) is 1. The second-order valence-electron chi connectivity index (χ2n) is 4.98. The number of sulfonamides is 1. The van der Waals surface area contributed by atoms with Crippen LogP contribution in [0.5, 0.6) is 5.75 Å². The average Bonchev–Trinajstić information content (AvgIpc) is 2.60. The molecule has 0 heterocycles. The normalized spacial score (nSPS) is 12.1. The molecule has 2 aromatic carbocycles. The Morgan fingerprint density at radius 2 is 1.72 bits per heavy atom. The Balaban J connectivity index is 0.00000312. The van der Waals surface area contributed by atoms with Crippen LogP contribution < -0.4 is 15.2 Å². The molecule has 0 aliphatic heterocycles. The molecule has 1 atom stereocenters. The standard InChI is InChI=1S/C15H17N3O5S.ClH/c1-23-13-6-2-11(3-7-13)15(16)10-17-24(21,22)14-8-4-12(5-9-14)18(19)20;/h2-9,15,17H,10,16H2,1H3;1H. The number of nitro groups is 1. The monoisotopic (exact) mass is 387 g/mol. The van der Waals surface area contributed by atoms with Gasteiger partial charge in [-0.1, -0.05) is 12.1 Å². The molecule has 25 heavy (non-hydrogen) atoms. The summed E-state index contributed by atoms with van der Waals surface area (Å²) < 4.78 is 31.8. The van der Waals surface area contributed by atoms with Gasteiger partial charge in [0, 0.05) is 24.7 Å². The van der Waals surface area contributed by atoms with Crippen molar-refractivity contribution in [1.82, 2.24) is 4.72 Å². The molecule has 0 saturated carbocycles. The zero-order valence-electron chi connectivity index (χ0n) is 13.3. The van der Waals surface area contributed by atoms with E-state index in [9.17, 15) is 18.5 Å². The Morgan fingerprint density at radius 3 is 2.20 bits per heavy atom. The summed E-state index contributed by atoms with van der Waals surface area (Å²) in [5.41, 5.74) is 6.55. The molecule has 0 spiro atoms. The van der Waals surface area contributed by atoms with Crippen molar-refractivity contribution in [2.45, 2.75) is 10.9 Å². The van der Waals surface area contributed by atoms with Crippen molar-refractivity contribution in [2.75, 3.05) is 13.7 Å². The number of hydrogen-bond acceptors (Lipinski definition) is 6. The smallest absolute Gasteiger partial charge is 0.269 e. The summed E-state index contributed by atoms with van der Waals surface area (Å²) >= 11 is 0. The Hall–Kier alpha value is -2.20. The molecule has 136 valence electrons. The van der Waals surface area contributed by atoms with Gasteiger partial charge in [-0.2, -0.15) is 0 Å². The van der Waals surface area contributed by atoms with Crippen LogP contribution in [0.25, 0.3) is 0 Å². The fourth-order valence-electron chi connectivity index (χ4n) is 2.00. The van der Waals surface area contributed by atoms with Gasteiger partial charge < -0.3 is 10.5 Å². The summed E-state index contributed by atoms with van der Waals surface area (Å²) in [4.78, 5) is 9.94. The molecular formula is C15H18ClN3O5S. The van der Waals surface area contributed by atoms with Crippen molar-refractivity contribution in [3.05, 3.63) is 64.2 Å². The lowest BCUT2D eigenvalue weighted by molar-refractivity contribution is -0.384. The lowest BCUT2D eigenvalue weighted by Gasteiger charge is -2.14. The number of rotatable bonds is 7. The minimum absolute atomic E-state index is 0. The summed E-state index contributed by atoms with van der Waals surface area (Å²) in [6.45, 7) is -0.00828. The van der Waals surface area contributed by atoms with E-state index >= 15 is 0 Å². The van der Waals surface area contributed by atoms with Gasteiger partial charge in [-0.15, -0.1) is 12.4 Å². The number of ether oxygens (including phenoxy) is 1. The van der Waals surface area contributed by atoms with Gasteiger partial charge in [0.2, 0.25) is 10.0 Å². The zero-order valence-corrected chi connectivity index (χ0v) is 14.9. The van der Waals surface area contributed by atoms with Crippen molar-refractivity contribution in [2.24, 2.45) is 5.73 Å². The third-order valence-electron chi connectivity index (χ3n) is 3.40. The molecule has 0 aliphatic rings. The van der Waals surface area contributed by atoms with Crippen molar-refractivity contribution < 1.29 is 18.1 Å². The largest absolute Gasteiger partial charge is 0.497 e. The van der Waals surface area contributed by atoms with Gasteiger partial charge in [0.25, 0.3) is 5.69 Å². The van der Waals surface area contributed by atoms with Crippen LogP contribution in [0.2, 0.25) is 0 Å². The molecule has 8 nitrogen and oxygen atoms in total. The lowest BCUT2D eigenvalue weighted by atomic mass is 10.1. The average molecular weight is 388 g/mol. The Kier molecular flexibility index (Phi) is 7.31. The van der Waals surface area contributed by atoms with Crippen LogP contribution in [0.4, 0.5) is 5.69 Å². The predicted octanol–water partition coefficient (Wildman–Crippen LogP) is 2.00. The lowest BCUT2D eigenvalue weighted by Crippen LogP contribution is -2.31. The second kappa shape index (κ2) is 8.77. The van der Waals surface area contributed by atoms with Crippen LogP contribution in [-0.4, -0.2) is 27.0 Å². The molecule has 10 heteroatoms. The maximum absolute atomic E-state index is 12.2. The molecule has 0 radical (unpaired) electrons. The summed E-state index contributed by atoms with van der Waals surface area (Å²) in [5.74, 6) is 0.678. The van der Waals surface area contributed by atoms with Crippen molar-refractivity contribution in [3.8, 4) is 5.75 Å². The number of methoxy groups -OCH3 is 1. The van der Waals surface area contributed by atoms with E-state index < -0.39 is 21.0 Å². The SMILES string of the molecule is COc1ccc(C(N)CNS(=O)(=O)c2ccc([N+](=O)[O-])cc2)cc1.Cl. The van der Waals surface area contributed by atoms with Crippen LogP contribution >= 0.6 is 12.4 Å². The van der Waals surface area contributed by atoms with E-state index in [-0.39, 0.29) is 29.5 Å². The summed E-state index contributed by atoms with van der Waals surface area (Å²) in [7, 11) is -2.25. The van der Waals surface area contributed by atoms with E-state index in [1.165, 1.54) is 12.1 Å². The van der Waals surface area contributed by atoms with Crippen molar-refractivity contribution >= 4 is 28.1 Å². The van der Waals surface area contributed by atoms with E-state index in [2.05, 4.69) is 4.72 Å². The van der Waals surface area contributed by atoms with Gasteiger partial charge in [-0.3, -0.25) is 10.1 Å². The number of benzene rings is 2. The third-order valence-corrected chi connectivity index (χ3v) is 4.83. The van der Waals surface area contributed by atoms with Crippen molar-refractivity contribution in [1.29, 1.82) is 0 Å². The van der Waals surface area contributed by atoms with Gasteiger partial charge in [-0.05, 0) is 29.8 Å². The first-order valence-electron chi connectivity index (χ1n) is 6.97. The summed E-state index contributed by atoms with van der Waals surface area (Å²) in [6, 6.07) is 11.1. The molecule has 0 fully saturated rings. The quantitative estimate of drug-likeness (QED) is 0.553. The van der Waals surface area contributed by atoms with Gasteiger partial charge in [0.1, 0.15) is 5.75 Å². The fourth-order valence-corrected chi connectivity index (χ4v) is 3.06. The topological polar surface area (TPSA) is 125 Å². The molecule has 0 aliphatic carbocycles. The third kappa shape index (κ3) is 5.40. The first kappa shape index (κ1) is 20.8. The van der Waals surface area contributed by atoms with Crippen LogP contribution in [0.15, 0.2) is 53.4 Å². The molecule has 0 bridgehead atoms. The highest BCUT2D eigenvalue weighted by Crippen LogP contribution is 2.18. The van der Waals surface area contributed by atoms with Gasteiger partial charge in [0.15, 0.2) is 0 Å². The Bertz CT molecular complexity index is 810. The van der Waals surface area contributed by atoms with Crippen LogP contribution in [0.1, 0.15) is 11.6 Å². The van der Waals surface area contributed by atoms with E-state index in [0.29, 0.717) is 5.75 Å². The molecular weight excluding hydrogens is 370 g/mol. The molecule has 2 aromatic rings. The first-order chi connectivity index (χ1) is 11.3. The van der Waals surface area contributed by atoms with Gasteiger partial charge in [-0.25, -0.2) is 13.1 Å². The maximum atomic E-state index is 12.2. The van der Waals surface area contributed by atoms with E-state index in [1.807, 2.05) is 0 Å². The van der Waals surface area contributed by atoms with Gasteiger partial charge in [0.05, 0.1) is 16.9 Å². The predicted molar refractivity (Wildman–Crippen MR) is 95.5 cm³/mol. The van der Waals surface area contributed by atoms with Gasteiger partial charge >= 0.3 is 0 Å². The number of non-ortho nitro benzene ring substituents is 1. The van der Waals surface area contributed by atoms with E-state index in [0.717, 1.165) is 17.7 Å². The number of nitrogens with one attached hydrogen (secondary N) is 1. The molecule has 1 unspecified atom stereocenters. The fraction of sp³-hybridized carbons (Fsp3) is 0.200. The number of nitrogens with two attached hydrogens (primary N) is 1. The maximum Gasteiger partial charge on any atom is 0.269 e. The Morgan fingerprint density at radius 1 is 1.16 bits per heavy atom. The summed E-state index contributed by atoms with van der Waals surface area (Å²) in [6.07, 6.45) is 0. The number of halogens is 1.